The second-order valence-corrected chi connectivity index (χ2v) is 4.77. The molecule has 1 unspecified atom stereocenters. The third-order valence-corrected chi connectivity index (χ3v) is 3.27. The van der Waals surface area contributed by atoms with E-state index < -0.39 is 0 Å². The van der Waals surface area contributed by atoms with E-state index in [-0.39, 0.29) is 18.5 Å². The minimum atomic E-state index is -0.0920. The first kappa shape index (κ1) is 12.8. The number of aryl methyl sites for hydroxylation is 2. The average molecular weight is 272 g/mol. The summed E-state index contributed by atoms with van der Waals surface area (Å²) in [5.41, 5.74) is 1.25. The van der Waals surface area contributed by atoms with Crippen LogP contribution >= 0.6 is 0 Å². The molecule has 3 rings (SSSR count). The third kappa shape index (κ3) is 3.03. The van der Waals surface area contributed by atoms with E-state index in [2.05, 4.69) is 32.9 Å². The number of aromatic nitrogens is 2. The number of hydrogen-bond donors (Lipinski definition) is 2. The van der Waals surface area contributed by atoms with Crippen molar-refractivity contribution in [1.82, 2.24) is 20.8 Å². The summed E-state index contributed by atoms with van der Waals surface area (Å²) in [5, 5.41) is 9.82. The van der Waals surface area contributed by atoms with Crippen LogP contribution in [0.25, 0.3) is 0 Å². The second kappa shape index (κ2) is 5.83. The first-order valence-corrected chi connectivity index (χ1v) is 6.68. The average Bonchev–Trinajstić information content (AvgIpc) is 2.96. The van der Waals surface area contributed by atoms with Gasteiger partial charge >= 0.3 is 0 Å². The lowest BCUT2D eigenvalue weighted by molar-refractivity contribution is -0.121. The van der Waals surface area contributed by atoms with Gasteiger partial charge in [0.25, 0.3) is 0 Å². The van der Waals surface area contributed by atoms with Crippen LogP contribution in [0.1, 0.15) is 23.3 Å². The molecule has 0 spiro atoms. The van der Waals surface area contributed by atoms with Gasteiger partial charge in [-0.05, 0) is 12.0 Å². The molecule has 6 heteroatoms. The molecule has 2 N–H and O–H groups in total. The second-order valence-electron chi connectivity index (χ2n) is 4.77. The SMILES string of the molecule is O=C1CNC(c2nc(CCc3ccccc3)no2)CN1. The minimum absolute atomic E-state index is 0.00920. The summed E-state index contributed by atoms with van der Waals surface area (Å²) in [4.78, 5) is 15.4. The topological polar surface area (TPSA) is 80.1 Å². The van der Waals surface area contributed by atoms with Crippen molar-refractivity contribution in [3.63, 3.8) is 0 Å². The van der Waals surface area contributed by atoms with Gasteiger partial charge in [0.2, 0.25) is 11.8 Å². The molecule has 0 saturated carbocycles. The highest BCUT2D eigenvalue weighted by Gasteiger charge is 2.23. The van der Waals surface area contributed by atoms with Crippen molar-refractivity contribution in [2.45, 2.75) is 18.9 Å². The molecule has 1 aromatic heterocycles. The first-order chi connectivity index (χ1) is 9.81. The fourth-order valence-corrected chi connectivity index (χ4v) is 2.15. The molecule has 0 aliphatic carbocycles. The lowest BCUT2D eigenvalue weighted by Crippen LogP contribution is -2.47. The van der Waals surface area contributed by atoms with Gasteiger partial charge in [0.05, 0.1) is 6.54 Å². The number of carbonyl (C=O) groups excluding carboxylic acids is 1. The molecule has 1 aliphatic heterocycles. The Hall–Kier alpha value is -2.21. The number of rotatable bonds is 4. The lowest BCUT2D eigenvalue weighted by atomic mass is 10.1. The van der Waals surface area contributed by atoms with Gasteiger partial charge in [-0.25, -0.2) is 0 Å². The van der Waals surface area contributed by atoms with Crippen LogP contribution in [0.15, 0.2) is 34.9 Å². The molecule has 0 radical (unpaired) electrons. The van der Waals surface area contributed by atoms with Crippen molar-refractivity contribution >= 4 is 5.91 Å². The van der Waals surface area contributed by atoms with E-state index >= 15 is 0 Å². The van der Waals surface area contributed by atoms with E-state index in [9.17, 15) is 4.79 Å². The van der Waals surface area contributed by atoms with Crippen LogP contribution in [0.4, 0.5) is 0 Å². The molecule has 0 bridgehead atoms. The summed E-state index contributed by atoms with van der Waals surface area (Å²) in [7, 11) is 0. The zero-order chi connectivity index (χ0) is 13.8. The van der Waals surface area contributed by atoms with E-state index in [1.165, 1.54) is 5.56 Å². The summed E-state index contributed by atoms with van der Waals surface area (Å²) in [6, 6.07) is 10.1. The van der Waals surface area contributed by atoms with Crippen molar-refractivity contribution in [2.75, 3.05) is 13.1 Å². The summed E-state index contributed by atoms with van der Waals surface area (Å²) in [6.07, 6.45) is 1.63. The summed E-state index contributed by atoms with van der Waals surface area (Å²) in [5.74, 6) is 1.22. The fraction of sp³-hybridized carbons (Fsp3) is 0.357. The summed E-state index contributed by atoms with van der Waals surface area (Å²) in [6.45, 7) is 0.769. The van der Waals surface area contributed by atoms with Gasteiger partial charge in [-0.3, -0.25) is 10.1 Å². The Bertz CT molecular complexity index is 572. The van der Waals surface area contributed by atoms with Crippen LogP contribution in [0.2, 0.25) is 0 Å². The Morgan fingerprint density at radius 3 is 2.85 bits per heavy atom. The lowest BCUT2D eigenvalue weighted by Gasteiger charge is -2.20. The molecule has 1 aliphatic rings. The monoisotopic (exact) mass is 272 g/mol. The smallest absolute Gasteiger partial charge is 0.245 e. The highest BCUT2D eigenvalue weighted by molar-refractivity contribution is 5.78. The van der Waals surface area contributed by atoms with E-state index in [0.29, 0.717) is 18.3 Å². The molecule has 104 valence electrons. The number of carbonyl (C=O) groups is 1. The summed E-state index contributed by atoms with van der Waals surface area (Å²) >= 11 is 0. The molecule has 1 saturated heterocycles. The number of hydrogen-bond acceptors (Lipinski definition) is 5. The Labute approximate surface area is 116 Å². The molecule has 1 atom stereocenters. The first-order valence-electron chi connectivity index (χ1n) is 6.68. The Morgan fingerprint density at radius 2 is 2.10 bits per heavy atom. The fourth-order valence-electron chi connectivity index (χ4n) is 2.15. The van der Waals surface area contributed by atoms with E-state index in [1.54, 1.807) is 0 Å². The van der Waals surface area contributed by atoms with Crippen LogP contribution in [0.3, 0.4) is 0 Å². The van der Waals surface area contributed by atoms with Crippen LogP contribution < -0.4 is 10.6 Å². The molecule has 1 fully saturated rings. The molecular formula is C14H16N4O2. The quantitative estimate of drug-likeness (QED) is 0.852. The normalized spacial score (nSPS) is 18.8. The molecule has 2 aromatic rings. The maximum absolute atomic E-state index is 11.1. The number of nitrogens with one attached hydrogen (secondary N) is 2. The minimum Gasteiger partial charge on any atom is -0.353 e. The summed E-state index contributed by atoms with van der Waals surface area (Å²) < 4.78 is 5.25. The van der Waals surface area contributed by atoms with E-state index in [4.69, 9.17) is 4.52 Å². The van der Waals surface area contributed by atoms with Crippen molar-refractivity contribution in [3.8, 4) is 0 Å². The highest BCUT2D eigenvalue weighted by atomic mass is 16.5. The Balaban J connectivity index is 1.58. The Kier molecular flexibility index (Phi) is 3.73. The van der Waals surface area contributed by atoms with Crippen molar-refractivity contribution < 1.29 is 9.32 Å². The predicted molar refractivity (Wildman–Crippen MR) is 71.9 cm³/mol. The number of benzene rings is 1. The van der Waals surface area contributed by atoms with E-state index in [1.807, 2.05) is 18.2 Å². The van der Waals surface area contributed by atoms with Gasteiger partial charge in [0, 0.05) is 13.0 Å². The largest absolute Gasteiger partial charge is 0.353 e. The zero-order valence-corrected chi connectivity index (χ0v) is 11.0. The zero-order valence-electron chi connectivity index (χ0n) is 11.0. The molecule has 2 heterocycles. The Morgan fingerprint density at radius 1 is 1.25 bits per heavy atom. The van der Waals surface area contributed by atoms with Gasteiger partial charge in [-0.1, -0.05) is 35.5 Å². The van der Waals surface area contributed by atoms with Crippen LogP contribution in [0.5, 0.6) is 0 Å². The van der Waals surface area contributed by atoms with Gasteiger partial charge < -0.3 is 9.84 Å². The van der Waals surface area contributed by atoms with Gasteiger partial charge in [-0.15, -0.1) is 0 Å². The number of amides is 1. The predicted octanol–water partition coefficient (Wildman–Crippen LogP) is 0.615. The molecule has 1 amide bonds. The highest BCUT2D eigenvalue weighted by Crippen LogP contribution is 2.12. The molecule has 6 nitrogen and oxygen atoms in total. The van der Waals surface area contributed by atoms with Crippen molar-refractivity contribution in [1.29, 1.82) is 0 Å². The molecule has 1 aromatic carbocycles. The van der Waals surface area contributed by atoms with Crippen molar-refractivity contribution in [3.05, 3.63) is 47.6 Å². The van der Waals surface area contributed by atoms with Crippen LogP contribution in [-0.2, 0) is 17.6 Å². The van der Waals surface area contributed by atoms with Gasteiger partial charge in [0.1, 0.15) is 6.04 Å². The maximum Gasteiger partial charge on any atom is 0.245 e. The number of nitrogens with zero attached hydrogens (tertiary/aromatic N) is 2. The van der Waals surface area contributed by atoms with Crippen LogP contribution in [0, 0.1) is 0 Å². The molecule has 20 heavy (non-hydrogen) atoms. The standard InChI is InChI=1S/C14H16N4O2/c19-13-9-15-11(8-16-13)14-17-12(18-20-14)7-6-10-4-2-1-3-5-10/h1-5,11,15H,6-9H2,(H,16,19). The van der Waals surface area contributed by atoms with Gasteiger partial charge in [-0.2, -0.15) is 4.98 Å². The van der Waals surface area contributed by atoms with Gasteiger partial charge in [0.15, 0.2) is 5.82 Å². The van der Waals surface area contributed by atoms with Crippen LogP contribution in [-0.4, -0.2) is 29.1 Å². The maximum atomic E-state index is 11.1. The van der Waals surface area contributed by atoms with Crippen molar-refractivity contribution in [2.24, 2.45) is 0 Å². The number of piperazine rings is 1. The third-order valence-electron chi connectivity index (χ3n) is 3.27. The molecular weight excluding hydrogens is 256 g/mol. The van der Waals surface area contributed by atoms with E-state index in [0.717, 1.165) is 12.8 Å².